The molecular formula is C4H8N8. The molecule has 0 saturated heterocycles. The molecule has 8 heteroatoms. The van der Waals surface area contributed by atoms with E-state index in [4.69, 9.17) is 17.2 Å². The lowest BCUT2D eigenvalue weighted by atomic mass is 10.9. The molecule has 7 N–H and O–H groups in total. The normalized spacial score (nSPS) is 11.2. The second-order valence-electron chi connectivity index (χ2n) is 1.82. The number of aliphatic imine (C=N–C) groups is 2. The van der Waals surface area contributed by atoms with Crippen molar-refractivity contribution in [2.75, 3.05) is 0 Å². The van der Waals surface area contributed by atoms with Crippen molar-refractivity contribution >= 4 is 17.9 Å². The first kappa shape index (κ1) is 7.98. The second kappa shape index (κ2) is 3.32. The standard InChI is InChI=1S/C4H8N8/c5-2(6)10-3(7)11-4-8-1-9-12-4/h1H,(H7,5,6,7,8,9,10,11,12). The third-order valence-corrected chi connectivity index (χ3v) is 0.866. The summed E-state index contributed by atoms with van der Waals surface area (Å²) < 4.78 is 0. The molecule has 0 saturated carbocycles. The molecule has 0 fully saturated rings. The highest BCUT2D eigenvalue weighted by Gasteiger charge is 1.92. The molecule has 1 aromatic heterocycles. The largest absolute Gasteiger partial charge is 0.370 e. The Labute approximate surface area is 67.6 Å². The summed E-state index contributed by atoms with van der Waals surface area (Å²) in [5.41, 5.74) is 15.4. The molecule has 64 valence electrons. The zero-order chi connectivity index (χ0) is 8.97. The monoisotopic (exact) mass is 168 g/mol. The van der Waals surface area contributed by atoms with Crippen LogP contribution in [0.15, 0.2) is 16.3 Å². The number of hydrogen-bond acceptors (Lipinski definition) is 3. The van der Waals surface area contributed by atoms with Crippen LogP contribution in [0.3, 0.4) is 0 Å². The van der Waals surface area contributed by atoms with Gasteiger partial charge in [0.2, 0.25) is 11.9 Å². The van der Waals surface area contributed by atoms with Gasteiger partial charge in [-0.15, -0.1) is 0 Å². The summed E-state index contributed by atoms with van der Waals surface area (Å²) in [5, 5.41) is 6.01. The summed E-state index contributed by atoms with van der Waals surface area (Å²) in [6, 6.07) is 0. The van der Waals surface area contributed by atoms with Crippen LogP contribution >= 0.6 is 0 Å². The predicted molar refractivity (Wildman–Crippen MR) is 43.5 cm³/mol. The van der Waals surface area contributed by atoms with Gasteiger partial charge < -0.3 is 17.2 Å². The van der Waals surface area contributed by atoms with E-state index < -0.39 is 0 Å². The van der Waals surface area contributed by atoms with Gasteiger partial charge >= 0.3 is 0 Å². The van der Waals surface area contributed by atoms with E-state index in [1.807, 2.05) is 0 Å². The van der Waals surface area contributed by atoms with Crippen molar-refractivity contribution in [3.63, 3.8) is 0 Å². The highest BCUT2D eigenvalue weighted by atomic mass is 15.3. The number of nitrogens with zero attached hydrogens (tertiary/aromatic N) is 4. The molecular weight excluding hydrogens is 160 g/mol. The van der Waals surface area contributed by atoms with Crippen LogP contribution in [0.4, 0.5) is 5.95 Å². The van der Waals surface area contributed by atoms with Crippen LogP contribution in [0.5, 0.6) is 0 Å². The molecule has 8 nitrogen and oxygen atoms in total. The SMILES string of the molecule is NC(N)=N/C(N)=N/c1ncn[nH]1. The van der Waals surface area contributed by atoms with Gasteiger partial charge in [-0.2, -0.15) is 20.1 Å². The Morgan fingerprint density at radius 1 is 1.42 bits per heavy atom. The molecule has 0 atom stereocenters. The van der Waals surface area contributed by atoms with E-state index in [1.54, 1.807) is 0 Å². The first-order valence-electron chi connectivity index (χ1n) is 2.97. The van der Waals surface area contributed by atoms with Gasteiger partial charge in [-0.3, -0.25) is 0 Å². The summed E-state index contributed by atoms with van der Waals surface area (Å²) in [7, 11) is 0. The Morgan fingerprint density at radius 3 is 2.67 bits per heavy atom. The third-order valence-electron chi connectivity index (χ3n) is 0.866. The Bertz CT molecular complexity index is 291. The fourth-order valence-electron chi connectivity index (χ4n) is 0.519. The topological polar surface area (TPSA) is 144 Å². The fourth-order valence-corrected chi connectivity index (χ4v) is 0.519. The summed E-state index contributed by atoms with van der Waals surface area (Å²) in [6.07, 6.45) is 1.29. The smallest absolute Gasteiger partial charge is 0.248 e. The van der Waals surface area contributed by atoms with Crippen LogP contribution < -0.4 is 17.2 Å². The minimum absolute atomic E-state index is 0.0771. The molecule has 0 amide bonds. The van der Waals surface area contributed by atoms with Crippen molar-refractivity contribution in [3.05, 3.63) is 6.33 Å². The molecule has 0 spiro atoms. The van der Waals surface area contributed by atoms with E-state index in [0.717, 1.165) is 0 Å². The van der Waals surface area contributed by atoms with E-state index in [0.29, 0.717) is 0 Å². The van der Waals surface area contributed by atoms with Gasteiger partial charge in [0.15, 0.2) is 5.96 Å². The number of nitrogens with two attached hydrogens (primary N) is 3. The number of aromatic nitrogens is 3. The minimum atomic E-state index is -0.157. The number of nitrogens with one attached hydrogen (secondary N) is 1. The zero-order valence-corrected chi connectivity index (χ0v) is 6.10. The zero-order valence-electron chi connectivity index (χ0n) is 6.10. The molecule has 0 bridgehead atoms. The van der Waals surface area contributed by atoms with Crippen molar-refractivity contribution in [3.8, 4) is 0 Å². The maximum atomic E-state index is 5.28. The molecule has 0 aromatic carbocycles. The van der Waals surface area contributed by atoms with Gasteiger partial charge in [0, 0.05) is 0 Å². The fraction of sp³-hybridized carbons (Fsp3) is 0. The van der Waals surface area contributed by atoms with E-state index in [-0.39, 0.29) is 17.9 Å². The van der Waals surface area contributed by atoms with Gasteiger partial charge in [-0.1, -0.05) is 0 Å². The molecule has 1 aromatic rings. The first-order chi connectivity index (χ1) is 5.68. The summed E-state index contributed by atoms with van der Waals surface area (Å²) in [6.45, 7) is 0. The molecule has 0 aliphatic heterocycles. The lowest BCUT2D eigenvalue weighted by Gasteiger charge is -1.90. The van der Waals surface area contributed by atoms with Crippen LogP contribution in [-0.2, 0) is 0 Å². The van der Waals surface area contributed by atoms with Crippen LogP contribution in [0.2, 0.25) is 0 Å². The summed E-state index contributed by atoms with van der Waals surface area (Å²) in [5.74, 6) is 0.0139. The number of aromatic amines is 1. The first-order valence-corrected chi connectivity index (χ1v) is 2.97. The van der Waals surface area contributed by atoms with Crippen LogP contribution in [0.25, 0.3) is 0 Å². The van der Waals surface area contributed by atoms with Gasteiger partial charge in [0.25, 0.3) is 0 Å². The van der Waals surface area contributed by atoms with Crippen molar-refractivity contribution in [1.82, 2.24) is 15.2 Å². The highest BCUT2D eigenvalue weighted by Crippen LogP contribution is 1.97. The van der Waals surface area contributed by atoms with Crippen molar-refractivity contribution in [2.24, 2.45) is 27.2 Å². The second-order valence-corrected chi connectivity index (χ2v) is 1.82. The van der Waals surface area contributed by atoms with Gasteiger partial charge in [-0.25, -0.2) is 5.10 Å². The Kier molecular flexibility index (Phi) is 2.21. The Balaban J connectivity index is 2.77. The van der Waals surface area contributed by atoms with Gasteiger partial charge in [0.05, 0.1) is 0 Å². The summed E-state index contributed by atoms with van der Waals surface area (Å²) in [4.78, 5) is 10.8. The highest BCUT2D eigenvalue weighted by molar-refractivity contribution is 5.93. The van der Waals surface area contributed by atoms with Gasteiger partial charge in [0.1, 0.15) is 6.33 Å². The van der Waals surface area contributed by atoms with E-state index in [9.17, 15) is 0 Å². The molecule has 0 aliphatic rings. The van der Waals surface area contributed by atoms with Crippen molar-refractivity contribution in [1.29, 1.82) is 0 Å². The Morgan fingerprint density at radius 2 is 2.17 bits per heavy atom. The number of rotatable bonds is 1. The van der Waals surface area contributed by atoms with E-state index in [1.165, 1.54) is 6.33 Å². The van der Waals surface area contributed by atoms with Crippen molar-refractivity contribution < 1.29 is 0 Å². The molecule has 0 aliphatic carbocycles. The minimum Gasteiger partial charge on any atom is -0.370 e. The maximum Gasteiger partial charge on any atom is 0.248 e. The van der Waals surface area contributed by atoms with Crippen molar-refractivity contribution in [2.45, 2.75) is 0 Å². The lowest BCUT2D eigenvalue weighted by Crippen LogP contribution is -2.26. The molecule has 1 rings (SSSR count). The van der Waals surface area contributed by atoms with Crippen LogP contribution in [0, 0.1) is 0 Å². The molecule has 1 heterocycles. The predicted octanol–water partition coefficient (Wildman–Crippen LogP) is -1.98. The summed E-state index contributed by atoms with van der Waals surface area (Å²) >= 11 is 0. The Hall–Kier alpha value is -2.12. The number of H-pyrrole nitrogens is 1. The average molecular weight is 168 g/mol. The number of hydrogen-bond donors (Lipinski definition) is 4. The lowest BCUT2D eigenvalue weighted by molar-refractivity contribution is 1.08. The van der Waals surface area contributed by atoms with Gasteiger partial charge in [-0.05, 0) is 0 Å². The molecule has 12 heavy (non-hydrogen) atoms. The van der Waals surface area contributed by atoms with Crippen LogP contribution in [0.1, 0.15) is 0 Å². The molecule has 0 unspecified atom stereocenters. The van der Waals surface area contributed by atoms with Crippen LogP contribution in [-0.4, -0.2) is 27.1 Å². The number of guanidine groups is 2. The average Bonchev–Trinajstić information content (AvgIpc) is 2.37. The quantitative estimate of drug-likeness (QED) is 0.284. The third kappa shape index (κ3) is 2.25. The molecule has 0 radical (unpaired) electrons. The van der Waals surface area contributed by atoms with E-state index >= 15 is 0 Å². The maximum absolute atomic E-state index is 5.28. The van der Waals surface area contributed by atoms with E-state index in [2.05, 4.69) is 25.2 Å².